The molecular formula is C14H25N3O. The van der Waals surface area contributed by atoms with Crippen LogP contribution in [0.25, 0.3) is 0 Å². The zero-order valence-electron chi connectivity index (χ0n) is 11.9. The average molecular weight is 251 g/mol. The van der Waals surface area contributed by atoms with Gasteiger partial charge in [-0.1, -0.05) is 0 Å². The zero-order chi connectivity index (χ0) is 13.5. The van der Waals surface area contributed by atoms with E-state index in [4.69, 9.17) is 10.5 Å². The summed E-state index contributed by atoms with van der Waals surface area (Å²) in [6.45, 7) is 5.72. The van der Waals surface area contributed by atoms with Gasteiger partial charge in [0.05, 0.1) is 12.3 Å². The quantitative estimate of drug-likeness (QED) is 0.748. The maximum Gasteiger partial charge on any atom is 0.140 e. The van der Waals surface area contributed by atoms with Crippen LogP contribution in [-0.4, -0.2) is 43.2 Å². The summed E-state index contributed by atoms with van der Waals surface area (Å²) in [7, 11) is 4.13. The summed E-state index contributed by atoms with van der Waals surface area (Å²) in [5.74, 6) is 0.872. The Balaban J connectivity index is 2.57. The monoisotopic (exact) mass is 251 g/mol. The number of aromatic nitrogens is 1. The van der Waals surface area contributed by atoms with E-state index in [1.165, 1.54) is 0 Å². The lowest BCUT2D eigenvalue weighted by Gasteiger charge is -2.14. The van der Waals surface area contributed by atoms with E-state index in [-0.39, 0.29) is 6.04 Å². The standard InChI is InChI=1S/C14H25N3O/c1-11(15)10-13-14(7-6-12(2)16-13)18-9-5-8-17(3)4/h6-7,11H,5,8-10,15H2,1-4H3. The number of ether oxygens (including phenoxy) is 1. The van der Waals surface area contributed by atoms with Gasteiger partial charge in [-0.05, 0) is 46.5 Å². The van der Waals surface area contributed by atoms with Crippen molar-refractivity contribution < 1.29 is 4.74 Å². The van der Waals surface area contributed by atoms with E-state index in [1.807, 2.05) is 26.0 Å². The van der Waals surface area contributed by atoms with Crippen molar-refractivity contribution in [1.29, 1.82) is 0 Å². The number of nitrogens with zero attached hydrogens (tertiary/aromatic N) is 2. The Hall–Kier alpha value is -1.13. The molecule has 0 aliphatic carbocycles. The van der Waals surface area contributed by atoms with E-state index in [1.54, 1.807) is 0 Å². The van der Waals surface area contributed by atoms with Crippen LogP contribution in [0.15, 0.2) is 12.1 Å². The zero-order valence-corrected chi connectivity index (χ0v) is 11.9. The van der Waals surface area contributed by atoms with Crippen LogP contribution in [0.4, 0.5) is 0 Å². The molecule has 4 heteroatoms. The van der Waals surface area contributed by atoms with Crippen molar-refractivity contribution in [2.45, 2.75) is 32.7 Å². The first-order valence-corrected chi connectivity index (χ1v) is 6.48. The molecule has 0 saturated carbocycles. The highest BCUT2D eigenvalue weighted by molar-refractivity contribution is 5.29. The van der Waals surface area contributed by atoms with Crippen molar-refractivity contribution in [3.8, 4) is 5.75 Å². The van der Waals surface area contributed by atoms with Gasteiger partial charge in [-0.15, -0.1) is 0 Å². The number of hydrogen-bond acceptors (Lipinski definition) is 4. The van der Waals surface area contributed by atoms with E-state index in [0.717, 1.165) is 43.1 Å². The van der Waals surface area contributed by atoms with Gasteiger partial charge in [0.1, 0.15) is 5.75 Å². The summed E-state index contributed by atoms with van der Waals surface area (Å²) in [4.78, 5) is 6.66. The van der Waals surface area contributed by atoms with Crippen LogP contribution in [0, 0.1) is 6.92 Å². The number of nitrogens with two attached hydrogens (primary N) is 1. The Kier molecular flexibility index (Phi) is 6.09. The van der Waals surface area contributed by atoms with E-state index in [9.17, 15) is 0 Å². The molecule has 1 aromatic heterocycles. The number of rotatable bonds is 7. The van der Waals surface area contributed by atoms with E-state index in [0.29, 0.717) is 0 Å². The first-order valence-electron chi connectivity index (χ1n) is 6.48. The van der Waals surface area contributed by atoms with Crippen LogP contribution in [0.1, 0.15) is 24.7 Å². The Morgan fingerprint density at radius 3 is 2.72 bits per heavy atom. The van der Waals surface area contributed by atoms with Crippen LogP contribution in [-0.2, 0) is 6.42 Å². The molecule has 2 N–H and O–H groups in total. The molecule has 1 rings (SSSR count). The highest BCUT2D eigenvalue weighted by Crippen LogP contribution is 2.18. The summed E-state index contributed by atoms with van der Waals surface area (Å²) >= 11 is 0. The van der Waals surface area contributed by atoms with Crippen molar-refractivity contribution in [2.75, 3.05) is 27.2 Å². The van der Waals surface area contributed by atoms with Gasteiger partial charge in [0.15, 0.2) is 0 Å². The minimum atomic E-state index is 0.100. The Morgan fingerprint density at radius 1 is 1.39 bits per heavy atom. The number of aryl methyl sites for hydroxylation is 1. The second-order valence-electron chi connectivity index (χ2n) is 5.08. The molecule has 0 spiro atoms. The molecule has 0 fully saturated rings. The van der Waals surface area contributed by atoms with Crippen LogP contribution in [0.3, 0.4) is 0 Å². The highest BCUT2D eigenvalue weighted by atomic mass is 16.5. The number of pyridine rings is 1. The minimum Gasteiger partial charge on any atom is -0.492 e. The molecule has 0 bridgehead atoms. The molecule has 0 aliphatic rings. The lowest BCUT2D eigenvalue weighted by atomic mass is 10.1. The minimum absolute atomic E-state index is 0.100. The molecular weight excluding hydrogens is 226 g/mol. The molecule has 0 amide bonds. The van der Waals surface area contributed by atoms with Crippen molar-refractivity contribution in [2.24, 2.45) is 5.73 Å². The van der Waals surface area contributed by atoms with Crippen molar-refractivity contribution in [3.05, 3.63) is 23.5 Å². The molecule has 0 saturated heterocycles. The van der Waals surface area contributed by atoms with Gasteiger partial charge >= 0.3 is 0 Å². The van der Waals surface area contributed by atoms with Crippen LogP contribution >= 0.6 is 0 Å². The molecule has 18 heavy (non-hydrogen) atoms. The Bertz CT molecular complexity index is 364. The molecule has 1 unspecified atom stereocenters. The molecule has 0 radical (unpaired) electrons. The fraction of sp³-hybridized carbons (Fsp3) is 0.643. The predicted molar refractivity (Wildman–Crippen MR) is 75.0 cm³/mol. The third-order valence-electron chi connectivity index (χ3n) is 2.59. The molecule has 4 nitrogen and oxygen atoms in total. The average Bonchev–Trinajstić information content (AvgIpc) is 2.25. The van der Waals surface area contributed by atoms with Crippen LogP contribution in [0.2, 0.25) is 0 Å². The van der Waals surface area contributed by atoms with Crippen molar-refractivity contribution in [1.82, 2.24) is 9.88 Å². The van der Waals surface area contributed by atoms with E-state index in [2.05, 4.69) is 24.0 Å². The molecule has 1 aromatic rings. The molecule has 102 valence electrons. The fourth-order valence-electron chi connectivity index (χ4n) is 1.74. The summed E-state index contributed by atoms with van der Waals surface area (Å²) in [6.07, 6.45) is 1.77. The second kappa shape index (κ2) is 7.34. The normalized spacial score (nSPS) is 12.8. The van der Waals surface area contributed by atoms with Crippen LogP contribution < -0.4 is 10.5 Å². The Morgan fingerprint density at radius 2 is 2.11 bits per heavy atom. The van der Waals surface area contributed by atoms with E-state index >= 15 is 0 Å². The molecule has 0 aromatic carbocycles. The van der Waals surface area contributed by atoms with Crippen molar-refractivity contribution in [3.63, 3.8) is 0 Å². The molecule has 0 aliphatic heterocycles. The third-order valence-corrected chi connectivity index (χ3v) is 2.59. The molecule has 1 atom stereocenters. The predicted octanol–water partition coefficient (Wildman–Crippen LogP) is 1.61. The Labute approximate surface area is 110 Å². The van der Waals surface area contributed by atoms with Gasteiger partial charge in [0.25, 0.3) is 0 Å². The maximum absolute atomic E-state index is 5.84. The van der Waals surface area contributed by atoms with E-state index < -0.39 is 0 Å². The van der Waals surface area contributed by atoms with Gasteiger partial charge in [-0.2, -0.15) is 0 Å². The lowest BCUT2D eigenvalue weighted by Crippen LogP contribution is -2.20. The maximum atomic E-state index is 5.84. The smallest absolute Gasteiger partial charge is 0.140 e. The van der Waals surface area contributed by atoms with Gasteiger partial charge in [-0.25, -0.2) is 0 Å². The highest BCUT2D eigenvalue weighted by Gasteiger charge is 2.08. The van der Waals surface area contributed by atoms with Gasteiger partial charge < -0.3 is 15.4 Å². The van der Waals surface area contributed by atoms with Gasteiger partial charge in [0.2, 0.25) is 0 Å². The summed E-state index contributed by atoms with van der Waals surface area (Å²) in [5.41, 5.74) is 7.81. The fourth-order valence-corrected chi connectivity index (χ4v) is 1.74. The first kappa shape index (κ1) is 14.9. The SMILES string of the molecule is Cc1ccc(OCCCN(C)C)c(CC(C)N)n1. The summed E-state index contributed by atoms with van der Waals surface area (Å²) in [5, 5.41) is 0. The third kappa shape index (κ3) is 5.47. The first-order chi connectivity index (χ1) is 8.49. The summed E-state index contributed by atoms with van der Waals surface area (Å²) < 4.78 is 5.80. The van der Waals surface area contributed by atoms with Crippen molar-refractivity contribution >= 4 is 0 Å². The van der Waals surface area contributed by atoms with Gasteiger partial charge in [-0.3, -0.25) is 4.98 Å². The van der Waals surface area contributed by atoms with Crippen LogP contribution in [0.5, 0.6) is 5.75 Å². The largest absolute Gasteiger partial charge is 0.492 e. The second-order valence-corrected chi connectivity index (χ2v) is 5.08. The molecule has 1 heterocycles. The lowest BCUT2D eigenvalue weighted by molar-refractivity contribution is 0.278. The number of hydrogen-bond donors (Lipinski definition) is 1. The topological polar surface area (TPSA) is 51.4 Å². The summed E-state index contributed by atoms with van der Waals surface area (Å²) in [6, 6.07) is 4.07. The van der Waals surface area contributed by atoms with Gasteiger partial charge in [0, 0.05) is 24.7 Å².